The van der Waals surface area contributed by atoms with Gasteiger partial charge in [0.25, 0.3) is 0 Å². The Balaban J connectivity index is 2.03. The molecule has 0 radical (unpaired) electrons. The number of hydrogen-bond acceptors (Lipinski definition) is 2. The first-order valence-corrected chi connectivity index (χ1v) is 6.52. The summed E-state index contributed by atoms with van der Waals surface area (Å²) in [6, 6.07) is 4.83. The molecule has 0 spiro atoms. The van der Waals surface area contributed by atoms with E-state index in [1.165, 1.54) is 6.20 Å². The Morgan fingerprint density at radius 2 is 2.20 bits per heavy atom. The van der Waals surface area contributed by atoms with Crippen LogP contribution in [0.1, 0.15) is 6.42 Å². The quantitative estimate of drug-likeness (QED) is 0.361. The summed E-state index contributed by atoms with van der Waals surface area (Å²) in [4.78, 5) is 0. The van der Waals surface area contributed by atoms with Crippen molar-refractivity contribution in [3.63, 3.8) is 0 Å². The zero-order valence-electron chi connectivity index (χ0n) is 7.73. The predicted molar refractivity (Wildman–Crippen MR) is 59.2 cm³/mol. The SMILES string of the molecule is [O-][n+]1ccccc1[S+]([O-])CC1CC1(Cl)Cl. The van der Waals surface area contributed by atoms with Gasteiger partial charge in [0, 0.05) is 12.0 Å². The second kappa shape index (κ2) is 4.01. The average Bonchev–Trinajstić information content (AvgIpc) is 2.74. The zero-order valence-corrected chi connectivity index (χ0v) is 10.1. The van der Waals surface area contributed by atoms with Crippen molar-refractivity contribution in [2.24, 2.45) is 5.92 Å². The number of alkyl halides is 2. The van der Waals surface area contributed by atoms with Crippen LogP contribution in [-0.4, -0.2) is 14.6 Å². The highest BCUT2D eigenvalue weighted by Crippen LogP contribution is 2.53. The first-order valence-electron chi connectivity index (χ1n) is 4.45. The molecule has 0 amide bonds. The van der Waals surface area contributed by atoms with E-state index in [0.717, 1.165) is 0 Å². The second-order valence-corrected chi connectivity index (χ2v) is 6.52. The third-order valence-corrected chi connectivity index (χ3v) is 4.74. The molecule has 0 aliphatic heterocycles. The van der Waals surface area contributed by atoms with E-state index < -0.39 is 15.5 Å². The first kappa shape index (κ1) is 11.3. The van der Waals surface area contributed by atoms with Crippen molar-refractivity contribution in [1.29, 1.82) is 0 Å². The molecular formula is C9H9Cl2NO2S. The van der Waals surface area contributed by atoms with Gasteiger partial charge in [0.1, 0.15) is 10.1 Å². The molecule has 82 valence electrons. The summed E-state index contributed by atoms with van der Waals surface area (Å²) in [7, 11) is 0. The van der Waals surface area contributed by atoms with Crippen LogP contribution in [0, 0.1) is 11.1 Å². The topological polar surface area (TPSA) is 50.0 Å². The van der Waals surface area contributed by atoms with Crippen LogP contribution in [0.5, 0.6) is 0 Å². The van der Waals surface area contributed by atoms with E-state index in [4.69, 9.17) is 23.2 Å². The van der Waals surface area contributed by atoms with E-state index in [1.807, 2.05) is 0 Å². The van der Waals surface area contributed by atoms with Crippen molar-refractivity contribution >= 4 is 34.4 Å². The van der Waals surface area contributed by atoms with E-state index in [1.54, 1.807) is 18.2 Å². The maximum Gasteiger partial charge on any atom is 0.393 e. The molecular weight excluding hydrogens is 257 g/mol. The van der Waals surface area contributed by atoms with Gasteiger partial charge >= 0.3 is 5.03 Å². The summed E-state index contributed by atoms with van der Waals surface area (Å²) in [6.45, 7) is 0. The molecule has 3 nitrogen and oxygen atoms in total. The summed E-state index contributed by atoms with van der Waals surface area (Å²) < 4.78 is 11.7. The average molecular weight is 266 g/mol. The van der Waals surface area contributed by atoms with Gasteiger partial charge in [-0.15, -0.1) is 27.9 Å². The number of halogens is 2. The summed E-state index contributed by atoms with van der Waals surface area (Å²) in [5.74, 6) is 0.376. The fourth-order valence-corrected chi connectivity index (χ4v) is 3.45. The minimum atomic E-state index is -1.33. The molecule has 0 aromatic carbocycles. The Morgan fingerprint density at radius 3 is 2.73 bits per heavy atom. The van der Waals surface area contributed by atoms with E-state index in [2.05, 4.69) is 0 Å². The van der Waals surface area contributed by atoms with Gasteiger partial charge < -0.3 is 9.76 Å². The second-order valence-electron chi connectivity index (χ2n) is 3.54. The highest BCUT2D eigenvalue weighted by atomic mass is 35.5. The summed E-state index contributed by atoms with van der Waals surface area (Å²) in [6.07, 6.45) is 1.97. The summed E-state index contributed by atoms with van der Waals surface area (Å²) in [5.41, 5.74) is 0. The van der Waals surface area contributed by atoms with Crippen molar-refractivity contribution in [2.45, 2.75) is 15.8 Å². The first-order chi connectivity index (χ1) is 7.00. The molecule has 1 heterocycles. The maximum absolute atomic E-state index is 11.8. The van der Waals surface area contributed by atoms with Gasteiger partial charge in [-0.1, -0.05) is 0 Å². The molecule has 2 atom stereocenters. The van der Waals surface area contributed by atoms with Gasteiger partial charge in [-0.25, -0.2) is 0 Å². The lowest BCUT2D eigenvalue weighted by atomic mass is 10.5. The molecule has 0 saturated heterocycles. The van der Waals surface area contributed by atoms with Crippen molar-refractivity contribution in [3.05, 3.63) is 29.6 Å². The van der Waals surface area contributed by atoms with Gasteiger partial charge in [0.2, 0.25) is 0 Å². The number of hydrogen-bond donors (Lipinski definition) is 0. The third-order valence-electron chi connectivity index (χ3n) is 2.33. The fourth-order valence-electron chi connectivity index (χ4n) is 1.31. The largest absolute Gasteiger partial charge is 0.615 e. The van der Waals surface area contributed by atoms with Crippen LogP contribution < -0.4 is 4.73 Å². The molecule has 1 aliphatic carbocycles. The van der Waals surface area contributed by atoms with Crippen LogP contribution in [-0.2, 0) is 11.2 Å². The smallest absolute Gasteiger partial charge is 0.393 e. The molecule has 2 rings (SSSR count). The van der Waals surface area contributed by atoms with Crippen molar-refractivity contribution < 1.29 is 9.28 Å². The monoisotopic (exact) mass is 265 g/mol. The Kier molecular flexibility index (Phi) is 3.03. The number of aromatic nitrogens is 1. The normalized spacial score (nSPS) is 24.9. The Bertz CT molecular complexity index is 375. The van der Waals surface area contributed by atoms with Crippen LogP contribution in [0.2, 0.25) is 0 Å². The molecule has 1 fully saturated rings. The minimum absolute atomic E-state index is 0.0295. The molecule has 1 aliphatic rings. The van der Waals surface area contributed by atoms with Crippen LogP contribution in [0.25, 0.3) is 0 Å². The highest BCUT2D eigenvalue weighted by Gasteiger charge is 2.54. The van der Waals surface area contributed by atoms with Crippen molar-refractivity contribution in [1.82, 2.24) is 0 Å². The van der Waals surface area contributed by atoms with Gasteiger partial charge in [0.15, 0.2) is 6.20 Å². The number of nitrogens with zero attached hydrogens (tertiary/aromatic N) is 1. The van der Waals surface area contributed by atoms with E-state index in [-0.39, 0.29) is 10.9 Å². The highest BCUT2D eigenvalue weighted by molar-refractivity contribution is 7.91. The molecule has 6 heteroatoms. The van der Waals surface area contributed by atoms with Crippen LogP contribution in [0.15, 0.2) is 29.4 Å². The third kappa shape index (κ3) is 2.50. The van der Waals surface area contributed by atoms with Crippen LogP contribution in [0.3, 0.4) is 0 Å². The standard InChI is InChI=1S/C9H9Cl2NO2S/c10-9(11)5-7(9)6-15(14)8-3-1-2-4-12(8)13/h1-4,7H,5-6H2. The lowest BCUT2D eigenvalue weighted by Gasteiger charge is -2.08. The van der Waals surface area contributed by atoms with Crippen LogP contribution in [0.4, 0.5) is 0 Å². The Hall–Kier alpha value is -0.160. The maximum atomic E-state index is 11.8. The van der Waals surface area contributed by atoms with Gasteiger partial charge in [0.05, 0.1) is 17.2 Å². The van der Waals surface area contributed by atoms with E-state index in [9.17, 15) is 9.76 Å². The van der Waals surface area contributed by atoms with Gasteiger partial charge in [-0.05, 0) is 12.5 Å². The van der Waals surface area contributed by atoms with E-state index >= 15 is 0 Å². The predicted octanol–water partition coefficient (Wildman–Crippen LogP) is 1.62. The molecule has 1 saturated carbocycles. The number of rotatable bonds is 3. The molecule has 0 N–H and O–H groups in total. The zero-order chi connectivity index (χ0) is 11.1. The Labute approximate surface area is 101 Å². The van der Waals surface area contributed by atoms with E-state index in [0.29, 0.717) is 16.9 Å². The summed E-state index contributed by atoms with van der Waals surface area (Å²) >= 11 is 10.3. The van der Waals surface area contributed by atoms with Crippen molar-refractivity contribution in [2.75, 3.05) is 5.75 Å². The number of pyridine rings is 1. The molecule has 1 aromatic rings. The van der Waals surface area contributed by atoms with Crippen LogP contribution >= 0.6 is 23.2 Å². The van der Waals surface area contributed by atoms with Crippen molar-refractivity contribution in [3.8, 4) is 0 Å². The fraction of sp³-hybridized carbons (Fsp3) is 0.444. The molecule has 1 aromatic heterocycles. The lowest BCUT2D eigenvalue weighted by Crippen LogP contribution is -2.34. The van der Waals surface area contributed by atoms with Gasteiger partial charge in [-0.3, -0.25) is 0 Å². The molecule has 2 unspecified atom stereocenters. The lowest BCUT2D eigenvalue weighted by molar-refractivity contribution is -0.646. The Morgan fingerprint density at radius 1 is 1.53 bits per heavy atom. The summed E-state index contributed by atoms with van der Waals surface area (Å²) in [5, 5.41) is 11.5. The minimum Gasteiger partial charge on any atom is -0.615 e. The molecule has 15 heavy (non-hydrogen) atoms. The van der Waals surface area contributed by atoms with Gasteiger partial charge in [-0.2, -0.15) is 0 Å². The molecule has 0 bridgehead atoms.